The molecule has 0 atom stereocenters. The first-order chi connectivity index (χ1) is 6.22. The van der Waals surface area contributed by atoms with Gasteiger partial charge in [0.2, 0.25) is 10.0 Å². The average Bonchev–Trinajstić information content (AvgIpc) is 2.01. The van der Waals surface area contributed by atoms with Gasteiger partial charge in [0, 0.05) is 12.6 Å². The predicted octanol–water partition coefficient (Wildman–Crippen LogP) is 0.656. The van der Waals surface area contributed by atoms with Gasteiger partial charge in [-0.15, -0.1) is 0 Å². The molecule has 0 unspecified atom stereocenters. The van der Waals surface area contributed by atoms with Gasteiger partial charge in [0.1, 0.15) is 0 Å². The van der Waals surface area contributed by atoms with Crippen molar-refractivity contribution >= 4 is 10.0 Å². The molecule has 5 heteroatoms. The highest BCUT2D eigenvalue weighted by Crippen LogP contribution is 2.15. The zero-order valence-electron chi connectivity index (χ0n) is 9.79. The molecule has 0 spiro atoms. The number of rotatable bonds is 5. The van der Waals surface area contributed by atoms with Gasteiger partial charge in [0.15, 0.2) is 0 Å². The van der Waals surface area contributed by atoms with Crippen LogP contribution in [0, 0.1) is 0 Å². The molecule has 0 aliphatic carbocycles. The molecule has 0 fully saturated rings. The number of hydrogen-bond donors (Lipinski definition) is 1. The van der Waals surface area contributed by atoms with Crippen molar-refractivity contribution in [2.75, 3.05) is 26.4 Å². The highest BCUT2D eigenvalue weighted by molar-refractivity contribution is 7.89. The van der Waals surface area contributed by atoms with Gasteiger partial charge in [-0.25, -0.2) is 8.42 Å². The fraction of sp³-hybridized carbons (Fsp3) is 1.00. The number of nitrogens with zero attached hydrogens (tertiary/aromatic N) is 1. The summed E-state index contributed by atoms with van der Waals surface area (Å²) in [6, 6.07) is 0. The summed E-state index contributed by atoms with van der Waals surface area (Å²) in [5.74, 6) is 0.210. The second-order valence-electron chi connectivity index (χ2n) is 4.41. The Morgan fingerprint density at radius 1 is 1.29 bits per heavy atom. The lowest BCUT2D eigenvalue weighted by molar-refractivity contribution is 0.291. The van der Waals surface area contributed by atoms with Crippen molar-refractivity contribution in [3.05, 3.63) is 0 Å². The molecule has 0 amide bonds. The Labute approximate surface area is 87.7 Å². The van der Waals surface area contributed by atoms with Crippen molar-refractivity contribution in [1.29, 1.82) is 0 Å². The SMILES string of the molecule is CNCCCS(=O)(=O)N(C)C(C)(C)C. The molecule has 1 N–H and O–H groups in total. The van der Waals surface area contributed by atoms with Crippen LogP contribution in [0.15, 0.2) is 0 Å². The first-order valence-electron chi connectivity index (χ1n) is 4.83. The third-order valence-corrected chi connectivity index (χ3v) is 4.38. The van der Waals surface area contributed by atoms with Gasteiger partial charge < -0.3 is 5.32 Å². The minimum absolute atomic E-state index is 0.210. The Bertz CT molecular complexity index is 254. The van der Waals surface area contributed by atoms with Crippen LogP contribution in [0.4, 0.5) is 0 Å². The van der Waals surface area contributed by atoms with Crippen LogP contribution in [0.25, 0.3) is 0 Å². The quantitative estimate of drug-likeness (QED) is 0.695. The molecule has 0 bridgehead atoms. The monoisotopic (exact) mass is 222 g/mol. The van der Waals surface area contributed by atoms with Gasteiger partial charge in [0.05, 0.1) is 5.75 Å². The summed E-state index contributed by atoms with van der Waals surface area (Å²) in [6.45, 7) is 6.41. The second kappa shape index (κ2) is 5.09. The van der Waals surface area contributed by atoms with Crippen molar-refractivity contribution in [1.82, 2.24) is 9.62 Å². The summed E-state index contributed by atoms with van der Waals surface area (Å²) >= 11 is 0. The smallest absolute Gasteiger partial charge is 0.214 e. The van der Waals surface area contributed by atoms with Crippen molar-refractivity contribution in [2.45, 2.75) is 32.7 Å². The molecule has 0 aromatic heterocycles. The van der Waals surface area contributed by atoms with E-state index in [4.69, 9.17) is 0 Å². The maximum atomic E-state index is 11.8. The fourth-order valence-electron chi connectivity index (χ4n) is 0.986. The van der Waals surface area contributed by atoms with Gasteiger partial charge in [-0.2, -0.15) is 4.31 Å². The van der Waals surface area contributed by atoms with E-state index in [1.165, 1.54) is 4.31 Å². The maximum Gasteiger partial charge on any atom is 0.214 e. The topological polar surface area (TPSA) is 49.4 Å². The Morgan fingerprint density at radius 2 is 1.79 bits per heavy atom. The van der Waals surface area contributed by atoms with E-state index in [1.54, 1.807) is 7.05 Å². The van der Waals surface area contributed by atoms with E-state index in [9.17, 15) is 8.42 Å². The van der Waals surface area contributed by atoms with E-state index in [1.807, 2.05) is 27.8 Å². The molecule has 0 heterocycles. The highest BCUT2D eigenvalue weighted by atomic mass is 32.2. The van der Waals surface area contributed by atoms with Crippen molar-refractivity contribution < 1.29 is 8.42 Å². The van der Waals surface area contributed by atoms with Crippen LogP contribution in [0.3, 0.4) is 0 Å². The third-order valence-electron chi connectivity index (χ3n) is 2.19. The highest BCUT2D eigenvalue weighted by Gasteiger charge is 2.27. The maximum absolute atomic E-state index is 11.8. The first kappa shape index (κ1) is 13.9. The number of nitrogens with one attached hydrogen (secondary N) is 1. The second-order valence-corrected chi connectivity index (χ2v) is 6.53. The van der Waals surface area contributed by atoms with Gasteiger partial charge in [-0.1, -0.05) is 0 Å². The van der Waals surface area contributed by atoms with Crippen LogP contribution in [-0.4, -0.2) is 44.7 Å². The van der Waals surface area contributed by atoms with E-state index in [2.05, 4.69) is 5.32 Å². The van der Waals surface area contributed by atoms with E-state index in [0.717, 1.165) is 6.54 Å². The summed E-state index contributed by atoms with van der Waals surface area (Å²) in [7, 11) is 0.356. The van der Waals surface area contributed by atoms with Gasteiger partial charge >= 0.3 is 0 Å². The summed E-state index contributed by atoms with van der Waals surface area (Å²) in [6.07, 6.45) is 0.652. The Kier molecular flexibility index (Phi) is 5.05. The molecule has 14 heavy (non-hydrogen) atoms. The minimum atomic E-state index is -3.10. The summed E-state index contributed by atoms with van der Waals surface area (Å²) in [5.41, 5.74) is -0.335. The molecule has 0 saturated heterocycles. The largest absolute Gasteiger partial charge is 0.320 e. The van der Waals surface area contributed by atoms with Gasteiger partial charge in [-0.3, -0.25) is 0 Å². The molecular weight excluding hydrogens is 200 g/mol. The molecule has 4 nitrogen and oxygen atoms in total. The Morgan fingerprint density at radius 3 is 2.14 bits per heavy atom. The predicted molar refractivity (Wildman–Crippen MR) is 59.8 cm³/mol. The molecule has 0 aromatic rings. The zero-order valence-corrected chi connectivity index (χ0v) is 10.6. The number of sulfonamides is 1. The lowest BCUT2D eigenvalue weighted by atomic mass is 10.1. The van der Waals surface area contributed by atoms with E-state index in [0.29, 0.717) is 6.42 Å². The van der Waals surface area contributed by atoms with Crippen LogP contribution in [0.1, 0.15) is 27.2 Å². The van der Waals surface area contributed by atoms with Crippen LogP contribution >= 0.6 is 0 Å². The van der Waals surface area contributed by atoms with E-state index in [-0.39, 0.29) is 11.3 Å². The summed E-state index contributed by atoms with van der Waals surface area (Å²) in [5, 5.41) is 2.93. The molecule has 0 rings (SSSR count). The molecule has 86 valence electrons. The third kappa shape index (κ3) is 4.39. The molecule has 0 radical (unpaired) electrons. The van der Waals surface area contributed by atoms with Crippen molar-refractivity contribution in [2.24, 2.45) is 0 Å². The molecule has 0 aliphatic rings. The average molecular weight is 222 g/mol. The summed E-state index contributed by atoms with van der Waals surface area (Å²) < 4.78 is 24.9. The standard InChI is InChI=1S/C9H22N2O2S/c1-9(2,3)11(5)14(12,13)8-6-7-10-4/h10H,6-8H2,1-5H3. The molecular formula is C9H22N2O2S. The minimum Gasteiger partial charge on any atom is -0.320 e. The first-order valence-corrected chi connectivity index (χ1v) is 6.44. The lowest BCUT2D eigenvalue weighted by Crippen LogP contribution is -2.43. The fourth-order valence-corrected chi connectivity index (χ4v) is 2.60. The van der Waals surface area contributed by atoms with Gasteiger partial charge in [-0.05, 0) is 40.8 Å². The lowest BCUT2D eigenvalue weighted by Gasteiger charge is -2.30. The normalized spacial score (nSPS) is 13.6. The number of hydrogen-bond acceptors (Lipinski definition) is 3. The Balaban J connectivity index is 4.33. The van der Waals surface area contributed by atoms with Gasteiger partial charge in [0.25, 0.3) is 0 Å². The van der Waals surface area contributed by atoms with Crippen LogP contribution < -0.4 is 5.32 Å². The van der Waals surface area contributed by atoms with Crippen LogP contribution in [-0.2, 0) is 10.0 Å². The molecule has 0 aliphatic heterocycles. The van der Waals surface area contributed by atoms with Crippen molar-refractivity contribution in [3.8, 4) is 0 Å². The summed E-state index contributed by atoms with van der Waals surface area (Å²) in [4.78, 5) is 0. The Hall–Kier alpha value is -0.130. The van der Waals surface area contributed by atoms with Crippen LogP contribution in [0.5, 0.6) is 0 Å². The van der Waals surface area contributed by atoms with Crippen LogP contribution in [0.2, 0.25) is 0 Å². The van der Waals surface area contributed by atoms with E-state index >= 15 is 0 Å². The molecule has 0 saturated carbocycles. The van der Waals surface area contributed by atoms with E-state index < -0.39 is 10.0 Å². The molecule has 0 aromatic carbocycles. The van der Waals surface area contributed by atoms with Crippen molar-refractivity contribution in [3.63, 3.8) is 0 Å². The zero-order chi connectivity index (χ0) is 11.4.